The molecule has 0 aliphatic heterocycles. The summed E-state index contributed by atoms with van der Waals surface area (Å²) in [4.78, 5) is 14.7. The zero-order chi connectivity index (χ0) is 22.3. The summed E-state index contributed by atoms with van der Waals surface area (Å²) in [6.45, 7) is 12.4. The Balaban J connectivity index is 2.43. The summed E-state index contributed by atoms with van der Waals surface area (Å²) in [6.07, 6.45) is 2.25. The Hall–Kier alpha value is -2.79. The summed E-state index contributed by atoms with van der Waals surface area (Å²) in [5.74, 6) is -0.0440. The fraction of sp³-hybridized carbons (Fsp3) is 0.500. The minimum absolute atomic E-state index is 0.0440. The maximum Gasteiger partial charge on any atom is 0.224 e. The number of nitrogens with one attached hydrogen (secondary N) is 1. The number of anilines is 2. The summed E-state index contributed by atoms with van der Waals surface area (Å²) in [6, 6.07) is 8.51. The van der Waals surface area contributed by atoms with E-state index in [2.05, 4.69) is 65.5 Å². The summed E-state index contributed by atoms with van der Waals surface area (Å²) in [7, 11) is 0. The van der Waals surface area contributed by atoms with Crippen LogP contribution in [0.1, 0.15) is 65.1 Å². The monoisotopic (exact) mass is 426 g/mol. The van der Waals surface area contributed by atoms with Crippen molar-refractivity contribution in [2.75, 3.05) is 10.2 Å². The molecule has 1 aromatic carbocycles. The first-order valence-corrected chi connectivity index (χ1v) is 11.1. The van der Waals surface area contributed by atoms with Gasteiger partial charge in [-0.2, -0.15) is 9.64 Å². The number of rotatable bonds is 9. The van der Waals surface area contributed by atoms with Gasteiger partial charge in [-0.25, -0.2) is 0 Å². The van der Waals surface area contributed by atoms with Crippen LogP contribution in [0.15, 0.2) is 28.4 Å². The molecule has 0 unspecified atom stereocenters. The number of nitrogens with zero attached hydrogens (tertiary/aromatic N) is 5. The van der Waals surface area contributed by atoms with E-state index >= 15 is 0 Å². The van der Waals surface area contributed by atoms with Crippen LogP contribution in [-0.4, -0.2) is 22.4 Å². The van der Waals surface area contributed by atoms with Gasteiger partial charge >= 0.3 is 0 Å². The van der Waals surface area contributed by atoms with Crippen molar-refractivity contribution in [3.63, 3.8) is 0 Å². The summed E-state index contributed by atoms with van der Waals surface area (Å²) in [5, 5.41) is 21.3. The molecule has 0 fully saturated rings. The van der Waals surface area contributed by atoms with Crippen LogP contribution in [0, 0.1) is 18.3 Å². The Morgan fingerprint density at radius 1 is 1.27 bits per heavy atom. The van der Waals surface area contributed by atoms with Crippen molar-refractivity contribution in [2.45, 2.75) is 72.9 Å². The third-order valence-corrected chi connectivity index (χ3v) is 5.45. The summed E-state index contributed by atoms with van der Waals surface area (Å²) in [5.41, 5.74) is 3.24. The van der Waals surface area contributed by atoms with E-state index in [0.29, 0.717) is 46.1 Å². The molecule has 0 radical (unpaired) electrons. The zero-order valence-corrected chi connectivity index (χ0v) is 19.4. The van der Waals surface area contributed by atoms with Gasteiger partial charge in [-0.3, -0.25) is 4.79 Å². The van der Waals surface area contributed by atoms with Crippen molar-refractivity contribution < 1.29 is 4.79 Å². The molecule has 0 atom stereocenters. The Labute approximate surface area is 183 Å². The molecule has 0 aliphatic rings. The Bertz CT molecular complexity index is 934. The fourth-order valence-corrected chi connectivity index (χ4v) is 3.95. The van der Waals surface area contributed by atoms with E-state index in [1.165, 1.54) is 0 Å². The van der Waals surface area contributed by atoms with Crippen LogP contribution >= 0.6 is 11.5 Å². The second kappa shape index (κ2) is 10.8. The second-order valence-corrected chi connectivity index (χ2v) is 8.46. The van der Waals surface area contributed by atoms with Gasteiger partial charge in [0.25, 0.3) is 0 Å². The predicted octanol–water partition coefficient (Wildman–Crippen LogP) is 6.49. The third kappa shape index (κ3) is 5.86. The van der Waals surface area contributed by atoms with Gasteiger partial charge in [-0.15, -0.1) is 10.2 Å². The Kier molecular flexibility index (Phi) is 8.48. The van der Waals surface area contributed by atoms with Crippen LogP contribution in [0.3, 0.4) is 0 Å². The van der Waals surface area contributed by atoms with Crippen LogP contribution in [0.25, 0.3) is 0 Å². The van der Waals surface area contributed by atoms with Crippen LogP contribution in [0.5, 0.6) is 0 Å². The van der Waals surface area contributed by atoms with E-state index in [1.807, 2.05) is 18.2 Å². The predicted molar refractivity (Wildman–Crippen MR) is 123 cm³/mol. The molecule has 0 bridgehead atoms. The zero-order valence-electron chi connectivity index (χ0n) is 18.6. The lowest BCUT2D eigenvalue weighted by molar-refractivity contribution is -0.116. The van der Waals surface area contributed by atoms with Gasteiger partial charge in [0.15, 0.2) is 5.00 Å². The number of carbonyl (C=O) groups excluding carboxylic acids is 1. The highest BCUT2D eigenvalue weighted by Gasteiger charge is 2.17. The number of aromatic nitrogens is 1. The minimum Gasteiger partial charge on any atom is -0.367 e. The van der Waals surface area contributed by atoms with E-state index in [0.717, 1.165) is 30.1 Å². The molecule has 2 aromatic rings. The molecule has 1 aromatic heterocycles. The van der Waals surface area contributed by atoms with Crippen LogP contribution < -0.4 is 10.2 Å². The van der Waals surface area contributed by atoms with E-state index < -0.39 is 0 Å². The molecule has 0 saturated carbocycles. The van der Waals surface area contributed by atoms with Crippen molar-refractivity contribution in [1.82, 2.24) is 4.37 Å². The fourth-order valence-electron chi connectivity index (χ4n) is 3.27. The van der Waals surface area contributed by atoms with Crippen molar-refractivity contribution >= 4 is 39.5 Å². The molecular weight excluding hydrogens is 396 g/mol. The molecule has 0 saturated heterocycles. The maximum atomic E-state index is 12.4. The Morgan fingerprint density at radius 2 is 1.97 bits per heavy atom. The summed E-state index contributed by atoms with van der Waals surface area (Å²) < 4.78 is 4.17. The number of hydrogen-bond donors (Lipinski definition) is 1. The van der Waals surface area contributed by atoms with Gasteiger partial charge in [-0.05, 0) is 70.8 Å². The average molecular weight is 427 g/mol. The van der Waals surface area contributed by atoms with Crippen LogP contribution in [0.4, 0.5) is 22.1 Å². The van der Waals surface area contributed by atoms with E-state index in [-0.39, 0.29) is 5.91 Å². The molecule has 160 valence electrons. The molecule has 7 nitrogen and oxygen atoms in total. The van der Waals surface area contributed by atoms with Crippen molar-refractivity contribution in [3.8, 4) is 6.07 Å². The van der Waals surface area contributed by atoms with Crippen molar-refractivity contribution in [2.24, 2.45) is 10.2 Å². The third-order valence-electron chi connectivity index (χ3n) is 4.63. The first-order valence-electron chi connectivity index (χ1n) is 10.3. The van der Waals surface area contributed by atoms with E-state index in [4.69, 9.17) is 0 Å². The number of benzene rings is 1. The van der Waals surface area contributed by atoms with Gasteiger partial charge in [0, 0.05) is 24.2 Å². The lowest BCUT2D eigenvalue weighted by atomic mass is 10.1. The molecule has 1 N–H and O–H groups in total. The first-order chi connectivity index (χ1) is 14.3. The SMILES string of the molecule is CCCCC(=O)Nc1cc(N(C(C)C)C(C)C)ccc1/N=N/c1snc(C)c1C#N. The number of aryl methyl sites for hydroxylation is 1. The number of hydrogen-bond acceptors (Lipinski definition) is 7. The number of unbranched alkanes of at least 4 members (excludes halogenated alkanes) is 1. The topological polar surface area (TPSA) is 93.7 Å². The van der Waals surface area contributed by atoms with Gasteiger partial charge in [0.2, 0.25) is 5.91 Å². The normalized spacial score (nSPS) is 11.3. The number of nitriles is 1. The number of azo groups is 1. The average Bonchev–Trinajstić information content (AvgIpc) is 3.04. The molecule has 0 spiro atoms. The highest BCUT2D eigenvalue weighted by Crippen LogP contribution is 2.35. The molecule has 0 aliphatic carbocycles. The van der Waals surface area contributed by atoms with E-state index in [1.54, 1.807) is 6.92 Å². The van der Waals surface area contributed by atoms with Crippen LogP contribution in [-0.2, 0) is 4.79 Å². The molecule has 8 heteroatoms. The summed E-state index contributed by atoms with van der Waals surface area (Å²) >= 11 is 1.14. The quantitative estimate of drug-likeness (QED) is 0.464. The molecular formula is C22H30N6OS. The first kappa shape index (κ1) is 23.5. The second-order valence-electron chi connectivity index (χ2n) is 7.71. The van der Waals surface area contributed by atoms with E-state index in [9.17, 15) is 10.1 Å². The minimum atomic E-state index is -0.0440. The van der Waals surface area contributed by atoms with Crippen LogP contribution in [0.2, 0.25) is 0 Å². The largest absolute Gasteiger partial charge is 0.367 e. The molecule has 1 amide bonds. The lowest BCUT2D eigenvalue weighted by Gasteiger charge is -2.33. The molecule has 30 heavy (non-hydrogen) atoms. The van der Waals surface area contributed by atoms with Crippen molar-refractivity contribution in [3.05, 3.63) is 29.5 Å². The lowest BCUT2D eigenvalue weighted by Crippen LogP contribution is -2.37. The van der Waals surface area contributed by atoms with Gasteiger partial charge in [-0.1, -0.05) is 13.3 Å². The van der Waals surface area contributed by atoms with Crippen molar-refractivity contribution in [1.29, 1.82) is 5.26 Å². The molecule has 1 heterocycles. The number of amides is 1. The van der Waals surface area contributed by atoms with Gasteiger partial charge in [0.1, 0.15) is 17.3 Å². The van der Waals surface area contributed by atoms with Gasteiger partial charge in [0.05, 0.1) is 11.4 Å². The standard InChI is InChI=1S/C22H30N6OS/c1-7-8-9-21(29)24-20-12-17(28(14(2)3)15(4)5)10-11-19(20)25-26-22-18(13-23)16(6)27-30-22/h10-12,14-15H,7-9H2,1-6H3,(H,24,29)/b26-25+. The van der Waals surface area contributed by atoms with Gasteiger partial charge < -0.3 is 10.2 Å². The molecule has 2 rings (SSSR count). The smallest absolute Gasteiger partial charge is 0.224 e. The Morgan fingerprint density at radius 3 is 2.57 bits per heavy atom. The highest BCUT2D eigenvalue weighted by atomic mass is 32.1. The highest BCUT2D eigenvalue weighted by molar-refractivity contribution is 7.10. The number of carbonyl (C=O) groups is 1. The maximum absolute atomic E-state index is 12.4.